The lowest BCUT2D eigenvalue weighted by atomic mass is 9.84. The lowest BCUT2D eigenvalue weighted by Crippen LogP contribution is -2.19. The smallest absolute Gasteiger partial charge is 0.172 e. The predicted molar refractivity (Wildman–Crippen MR) is 75.3 cm³/mol. The Bertz CT molecular complexity index is 537. The zero-order valence-corrected chi connectivity index (χ0v) is 11.6. The first-order chi connectivity index (χ1) is 9.81. The molecule has 3 nitrogen and oxygen atoms in total. The van der Waals surface area contributed by atoms with Gasteiger partial charge in [0.15, 0.2) is 17.3 Å². The van der Waals surface area contributed by atoms with Crippen molar-refractivity contribution in [1.29, 1.82) is 0 Å². The number of fused-ring (bicyclic) bond motifs is 3. The number of hydrogen-bond donors (Lipinski definition) is 0. The van der Waals surface area contributed by atoms with Crippen LogP contribution in [0.15, 0.2) is 18.2 Å². The lowest BCUT2D eigenvalue weighted by molar-refractivity contribution is 0.0933. The molecule has 2 aliphatic carbocycles. The van der Waals surface area contributed by atoms with Gasteiger partial charge in [0.1, 0.15) is 13.2 Å². The van der Waals surface area contributed by atoms with Crippen molar-refractivity contribution in [1.82, 2.24) is 0 Å². The van der Waals surface area contributed by atoms with Gasteiger partial charge in [-0.15, -0.1) is 0 Å². The third-order valence-corrected chi connectivity index (χ3v) is 5.20. The molecule has 3 atom stereocenters. The van der Waals surface area contributed by atoms with Crippen molar-refractivity contribution in [3.8, 4) is 11.5 Å². The van der Waals surface area contributed by atoms with Crippen molar-refractivity contribution in [3.05, 3.63) is 23.8 Å². The second-order valence-electron chi connectivity index (χ2n) is 6.39. The van der Waals surface area contributed by atoms with Gasteiger partial charge in [-0.05, 0) is 49.1 Å². The zero-order valence-electron chi connectivity index (χ0n) is 11.6. The minimum atomic E-state index is 0.227. The summed E-state index contributed by atoms with van der Waals surface area (Å²) < 4.78 is 11.2. The van der Waals surface area contributed by atoms with E-state index < -0.39 is 0 Å². The van der Waals surface area contributed by atoms with E-state index in [-0.39, 0.29) is 5.78 Å². The maximum atomic E-state index is 12.6. The van der Waals surface area contributed by atoms with Gasteiger partial charge in [0.2, 0.25) is 0 Å². The Morgan fingerprint density at radius 3 is 2.85 bits per heavy atom. The molecule has 0 N–H and O–H groups in total. The molecule has 2 saturated carbocycles. The Labute approximate surface area is 119 Å². The second-order valence-corrected chi connectivity index (χ2v) is 6.39. The fourth-order valence-corrected chi connectivity index (χ4v) is 4.27. The molecule has 3 heteroatoms. The summed E-state index contributed by atoms with van der Waals surface area (Å²) in [5.41, 5.74) is 0.713. The molecule has 1 heterocycles. The fraction of sp³-hybridized carbons (Fsp3) is 0.588. The van der Waals surface area contributed by atoms with Gasteiger partial charge in [-0.2, -0.15) is 0 Å². The third kappa shape index (κ3) is 2.00. The van der Waals surface area contributed by atoms with Gasteiger partial charge in [0, 0.05) is 6.42 Å². The summed E-state index contributed by atoms with van der Waals surface area (Å²) in [5, 5.41) is 0. The molecule has 20 heavy (non-hydrogen) atoms. The highest BCUT2D eigenvalue weighted by molar-refractivity contribution is 5.99. The van der Waals surface area contributed by atoms with Crippen LogP contribution in [0.1, 0.15) is 42.5 Å². The number of benzene rings is 1. The summed E-state index contributed by atoms with van der Waals surface area (Å²) in [6.45, 7) is 1.10. The fourth-order valence-electron chi connectivity index (χ4n) is 4.27. The van der Waals surface area contributed by atoms with Gasteiger partial charge in [-0.3, -0.25) is 4.79 Å². The molecule has 4 rings (SSSR count). The molecule has 1 aromatic rings. The van der Waals surface area contributed by atoms with Crippen LogP contribution < -0.4 is 9.47 Å². The topological polar surface area (TPSA) is 35.5 Å². The van der Waals surface area contributed by atoms with E-state index in [9.17, 15) is 4.79 Å². The van der Waals surface area contributed by atoms with Gasteiger partial charge in [-0.1, -0.05) is 12.5 Å². The summed E-state index contributed by atoms with van der Waals surface area (Å²) >= 11 is 0. The molecule has 3 aliphatic rings. The van der Waals surface area contributed by atoms with Crippen molar-refractivity contribution < 1.29 is 14.3 Å². The van der Waals surface area contributed by atoms with E-state index in [0.29, 0.717) is 36.9 Å². The monoisotopic (exact) mass is 272 g/mol. The Balaban J connectivity index is 1.54. The third-order valence-electron chi connectivity index (χ3n) is 5.20. The minimum Gasteiger partial charge on any atom is -0.486 e. The summed E-state index contributed by atoms with van der Waals surface area (Å²) in [7, 11) is 0. The standard InChI is InChI=1S/C17H20O3/c18-15(10-13-9-11-4-5-12(13)8-11)14-2-1-3-16-17(14)20-7-6-19-16/h1-3,11-13H,4-10H2. The molecule has 0 spiro atoms. The highest BCUT2D eigenvalue weighted by Gasteiger charge is 2.40. The van der Waals surface area contributed by atoms with E-state index in [2.05, 4.69) is 0 Å². The Hall–Kier alpha value is -1.51. The Morgan fingerprint density at radius 1 is 1.15 bits per heavy atom. The van der Waals surface area contributed by atoms with Crippen molar-refractivity contribution in [3.63, 3.8) is 0 Å². The quantitative estimate of drug-likeness (QED) is 0.790. The first kappa shape index (κ1) is 12.2. The van der Waals surface area contributed by atoms with Gasteiger partial charge in [0.25, 0.3) is 0 Å². The molecular formula is C17H20O3. The van der Waals surface area contributed by atoms with E-state index in [1.807, 2.05) is 18.2 Å². The summed E-state index contributed by atoms with van der Waals surface area (Å²) in [6.07, 6.45) is 6.00. The van der Waals surface area contributed by atoms with Gasteiger partial charge >= 0.3 is 0 Å². The van der Waals surface area contributed by atoms with Crippen LogP contribution in [-0.4, -0.2) is 19.0 Å². The SMILES string of the molecule is O=C(CC1CC2CCC1C2)c1cccc2c1OCCO2. The largest absolute Gasteiger partial charge is 0.486 e. The van der Waals surface area contributed by atoms with Crippen LogP contribution in [0.2, 0.25) is 0 Å². The summed E-state index contributed by atoms with van der Waals surface area (Å²) in [6, 6.07) is 5.65. The van der Waals surface area contributed by atoms with E-state index in [0.717, 1.165) is 17.6 Å². The summed E-state index contributed by atoms with van der Waals surface area (Å²) in [5.74, 6) is 3.89. The maximum Gasteiger partial charge on any atom is 0.172 e. The highest BCUT2D eigenvalue weighted by Crippen LogP contribution is 2.50. The number of carbonyl (C=O) groups excluding carboxylic acids is 1. The molecule has 2 fully saturated rings. The van der Waals surface area contributed by atoms with E-state index in [4.69, 9.17) is 9.47 Å². The first-order valence-electron chi connectivity index (χ1n) is 7.73. The predicted octanol–water partition coefficient (Wildman–Crippen LogP) is 3.47. The van der Waals surface area contributed by atoms with Crippen molar-refractivity contribution in [2.75, 3.05) is 13.2 Å². The molecule has 3 unspecified atom stereocenters. The van der Waals surface area contributed by atoms with Crippen LogP contribution >= 0.6 is 0 Å². The average molecular weight is 272 g/mol. The number of rotatable bonds is 3. The molecule has 1 aliphatic heterocycles. The minimum absolute atomic E-state index is 0.227. The number of hydrogen-bond acceptors (Lipinski definition) is 3. The normalized spacial score (nSPS) is 30.5. The van der Waals surface area contributed by atoms with Crippen LogP contribution in [0.25, 0.3) is 0 Å². The highest BCUT2D eigenvalue weighted by atomic mass is 16.6. The van der Waals surface area contributed by atoms with Crippen LogP contribution in [0, 0.1) is 17.8 Å². The van der Waals surface area contributed by atoms with Gasteiger partial charge < -0.3 is 9.47 Å². The number of carbonyl (C=O) groups is 1. The molecule has 0 saturated heterocycles. The van der Waals surface area contributed by atoms with Crippen molar-refractivity contribution in [2.24, 2.45) is 17.8 Å². The maximum absolute atomic E-state index is 12.6. The molecule has 0 radical (unpaired) electrons. The van der Waals surface area contributed by atoms with Crippen LogP contribution in [0.3, 0.4) is 0 Å². The van der Waals surface area contributed by atoms with Gasteiger partial charge in [-0.25, -0.2) is 0 Å². The van der Waals surface area contributed by atoms with Gasteiger partial charge in [0.05, 0.1) is 5.56 Å². The van der Waals surface area contributed by atoms with E-state index in [1.54, 1.807) is 0 Å². The molecule has 2 bridgehead atoms. The zero-order chi connectivity index (χ0) is 13.5. The molecule has 1 aromatic carbocycles. The Kier molecular flexibility index (Phi) is 2.94. The van der Waals surface area contributed by atoms with Crippen molar-refractivity contribution >= 4 is 5.78 Å². The number of ketones is 1. The molecular weight excluding hydrogens is 252 g/mol. The van der Waals surface area contributed by atoms with E-state index in [1.165, 1.54) is 25.7 Å². The lowest BCUT2D eigenvalue weighted by Gasteiger charge is -2.23. The Morgan fingerprint density at radius 2 is 2.05 bits per heavy atom. The van der Waals surface area contributed by atoms with Crippen molar-refractivity contribution in [2.45, 2.75) is 32.1 Å². The average Bonchev–Trinajstić information content (AvgIpc) is 3.09. The summed E-state index contributed by atoms with van der Waals surface area (Å²) in [4.78, 5) is 12.6. The molecule has 0 amide bonds. The molecule has 0 aromatic heterocycles. The van der Waals surface area contributed by atoms with Crippen LogP contribution in [0.4, 0.5) is 0 Å². The number of ether oxygens (including phenoxy) is 2. The number of para-hydroxylation sites is 1. The van der Waals surface area contributed by atoms with Crippen LogP contribution in [0.5, 0.6) is 11.5 Å². The van der Waals surface area contributed by atoms with Crippen LogP contribution in [-0.2, 0) is 0 Å². The second kappa shape index (κ2) is 4.80. The first-order valence-corrected chi connectivity index (χ1v) is 7.73. The number of Topliss-reactive ketones (excluding diaryl/α,β-unsaturated/α-hetero) is 1. The van der Waals surface area contributed by atoms with E-state index >= 15 is 0 Å². The molecule has 106 valence electrons.